The van der Waals surface area contributed by atoms with Crippen LogP contribution in [0.25, 0.3) is 0 Å². The highest BCUT2D eigenvalue weighted by Crippen LogP contribution is 2.40. The second-order valence-electron chi connectivity index (χ2n) is 8.67. The fraction of sp³-hybridized carbons (Fsp3) is 0.333. The number of benzene rings is 2. The minimum absolute atomic E-state index is 0.0229. The summed E-state index contributed by atoms with van der Waals surface area (Å²) in [6.45, 7) is 5.37. The Bertz CT molecular complexity index is 1450. The van der Waals surface area contributed by atoms with Crippen LogP contribution < -0.4 is 25.7 Å². The SMILES string of the molecule is CC.Cc1ccc(Nc2c(C(=O)NCC(F)(F)F)c(Oc3cccc(NSN(C)C)c3Cl)c(C)c(=O)n2C)c(F)c1. The van der Waals surface area contributed by atoms with Gasteiger partial charge in [-0.05, 0) is 57.8 Å². The molecule has 0 bridgehead atoms. The van der Waals surface area contributed by atoms with Crippen LogP contribution >= 0.6 is 23.7 Å². The van der Waals surface area contributed by atoms with E-state index < -0.39 is 35.6 Å². The van der Waals surface area contributed by atoms with Gasteiger partial charge in [0.05, 0.1) is 16.9 Å². The molecule has 14 heteroatoms. The molecule has 0 saturated carbocycles. The molecule has 0 atom stereocenters. The summed E-state index contributed by atoms with van der Waals surface area (Å²) < 4.78 is 65.3. The van der Waals surface area contributed by atoms with Gasteiger partial charge in [0, 0.05) is 19.2 Å². The van der Waals surface area contributed by atoms with Crippen LogP contribution in [0.4, 0.5) is 34.8 Å². The number of hydrogen-bond acceptors (Lipinski definition) is 7. The number of carbonyl (C=O) groups excluding carboxylic acids is 1. The highest BCUT2D eigenvalue weighted by molar-refractivity contribution is 7.98. The molecule has 0 aliphatic rings. The molecule has 3 aromatic rings. The zero-order valence-electron chi connectivity index (χ0n) is 23.6. The first-order valence-corrected chi connectivity index (χ1v) is 13.5. The van der Waals surface area contributed by atoms with Crippen molar-refractivity contribution in [3.63, 3.8) is 0 Å². The average Bonchev–Trinajstić information content (AvgIpc) is 2.91. The van der Waals surface area contributed by atoms with Gasteiger partial charge in [0.15, 0.2) is 5.75 Å². The van der Waals surface area contributed by atoms with Gasteiger partial charge in [-0.3, -0.25) is 14.2 Å². The number of halogens is 5. The number of carbonyl (C=O) groups is 1. The van der Waals surface area contributed by atoms with Crippen LogP contribution in [-0.4, -0.2) is 41.6 Å². The molecule has 0 radical (unpaired) electrons. The van der Waals surface area contributed by atoms with Gasteiger partial charge in [0.2, 0.25) is 0 Å². The Morgan fingerprint density at radius 2 is 1.78 bits per heavy atom. The van der Waals surface area contributed by atoms with E-state index in [9.17, 15) is 27.2 Å². The maximum absolute atomic E-state index is 14.7. The second kappa shape index (κ2) is 14.5. The molecule has 224 valence electrons. The van der Waals surface area contributed by atoms with Crippen molar-refractivity contribution in [2.45, 2.75) is 33.9 Å². The van der Waals surface area contributed by atoms with Crippen LogP contribution in [0.15, 0.2) is 41.2 Å². The van der Waals surface area contributed by atoms with Crippen LogP contribution in [0.5, 0.6) is 11.5 Å². The lowest BCUT2D eigenvalue weighted by atomic mass is 10.1. The summed E-state index contributed by atoms with van der Waals surface area (Å²) in [5, 5.41) is 4.57. The molecule has 3 rings (SSSR count). The second-order valence-corrected chi connectivity index (χ2v) is 10.2. The van der Waals surface area contributed by atoms with Gasteiger partial charge in [-0.2, -0.15) is 13.2 Å². The lowest BCUT2D eigenvalue weighted by Crippen LogP contribution is -2.36. The maximum Gasteiger partial charge on any atom is 0.405 e. The van der Waals surface area contributed by atoms with Gasteiger partial charge in [0.1, 0.15) is 34.5 Å². The quantitative estimate of drug-likeness (QED) is 0.173. The number of anilines is 3. The summed E-state index contributed by atoms with van der Waals surface area (Å²) in [5.74, 6) is -2.50. The summed E-state index contributed by atoms with van der Waals surface area (Å²) in [5.41, 5.74) is -0.227. The molecule has 0 saturated heterocycles. The summed E-state index contributed by atoms with van der Waals surface area (Å²) in [6.07, 6.45) is -4.71. The monoisotopic (exact) mass is 617 g/mol. The summed E-state index contributed by atoms with van der Waals surface area (Å²) in [7, 11) is 4.89. The van der Waals surface area contributed by atoms with Crippen molar-refractivity contribution in [2.75, 3.05) is 30.7 Å². The van der Waals surface area contributed by atoms with E-state index in [4.69, 9.17) is 16.3 Å². The predicted octanol–water partition coefficient (Wildman–Crippen LogP) is 7.19. The molecule has 0 aliphatic carbocycles. The fourth-order valence-corrected chi connectivity index (χ4v) is 4.15. The Morgan fingerprint density at radius 1 is 1.12 bits per heavy atom. The Morgan fingerprint density at radius 3 is 2.37 bits per heavy atom. The van der Waals surface area contributed by atoms with Crippen LogP contribution in [0.1, 0.15) is 35.3 Å². The Kier molecular flexibility index (Phi) is 11.9. The molecular weight excluding hydrogens is 586 g/mol. The van der Waals surface area contributed by atoms with E-state index in [2.05, 4.69) is 10.0 Å². The molecule has 0 spiro atoms. The van der Waals surface area contributed by atoms with E-state index in [0.29, 0.717) is 11.3 Å². The number of aromatic nitrogens is 1. The number of pyridine rings is 1. The maximum atomic E-state index is 14.7. The highest BCUT2D eigenvalue weighted by atomic mass is 35.5. The Balaban J connectivity index is 0.00000287. The summed E-state index contributed by atoms with van der Waals surface area (Å²) in [6, 6.07) is 8.91. The van der Waals surface area contributed by atoms with Crippen molar-refractivity contribution in [3.8, 4) is 11.5 Å². The van der Waals surface area contributed by atoms with Crippen molar-refractivity contribution in [2.24, 2.45) is 7.05 Å². The third kappa shape index (κ3) is 8.78. The third-order valence-electron chi connectivity index (χ3n) is 5.33. The highest BCUT2D eigenvalue weighted by Gasteiger charge is 2.32. The minimum atomic E-state index is -4.71. The largest absolute Gasteiger partial charge is 0.454 e. The topological polar surface area (TPSA) is 87.6 Å². The molecule has 0 fully saturated rings. The van der Waals surface area contributed by atoms with Gasteiger partial charge in [-0.15, -0.1) is 0 Å². The van der Waals surface area contributed by atoms with E-state index in [0.717, 1.165) is 4.57 Å². The standard InChI is InChI=1S/C25H26ClF4N5O3S.C2H6/c1-13-9-10-16(15(27)11-13)32-22-19(23(36)31-12-25(28,29)30)21(14(2)24(37)35(22)5)38-18-8-6-7-17(20(18)26)33-39-34(3)4;1-2/h6-11,32-33H,12H2,1-5H3,(H,31,36);1-2H3. The first-order chi connectivity index (χ1) is 19.2. The Hall–Kier alpha value is -3.42. The molecule has 1 aromatic heterocycles. The van der Waals surface area contributed by atoms with Crippen LogP contribution in [0.2, 0.25) is 5.02 Å². The van der Waals surface area contributed by atoms with Crippen LogP contribution in [0, 0.1) is 19.7 Å². The average molecular weight is 618 g/mol. The normalized spacial score (nSPS) is 11.0. The zero-order valence-corrected chi connectivity index (χ0v) is 25.2. The smallest absolute Gasteiger partial charge is 0.405 e. The van der Waals surface area contributed by atoms with Crippen molar-refractivity contribution >= 4 is 46.8 Å². The molecule has 41 heavy (non-hydrogen) atoms. The van der Waals surface area contributed by atoms with Crippen molar-refractivity contribution in [1.82, 2.24) is 14.2 Å². The zero-order chi connectivity index (χ0) is 31.1. The first kappa shape index (κ1) is 33.8. The van der Waals surface area contributed by atoms with E-state index in [1.54, 1.807) is 48.8 Å². The molecule has 0 aliphatic heterocycles. The molecular formula is C27H32ClF4N5O3S. The van der Waals surface area contributed by atoms with E-state index in [1.165, 1.54) is 44.3 Å². The molecule has 0 unspecified atom stereocenters. The predicted molar refractivity (Wildman–Crippen MR) is 157 cm³/mol. The van der Waals surface area contributed by atoms with Crippen molar-refractivity contribution in [1.29, 1.82) is 0 Å². The van der Waals surface area contributed by atoms with E-state index in [-0.39, 0.29) is 33.6 Å². The van der Waals surface area contributed by atoms with Crippen molar-refractivity contribution < 1.29 is 27.1 Å². The number of nitrogens with one attached hydrogen (secondary N) is 3. The summed E-state index contributed by atoms with van der Waals surface area (Å²) >= 11 is 7.72. The van der Waals surface area contributed by atoms with E-state index in [1.807, 2.05) is 13.8 Å². The van der Waals surface area contributed by atoms with Gasteiger partial charge in [-0.1, -0.05) is 37.6 Å². The fourth-order valence-electron chi connectivity index (χ4n) is 3.43. The first-order valence-electron chi connectivity index (χ1n) is 12.4. The lowest BCUT2D eigenvalue weighted by Gasteiger charge is -2.22. The molecule has 1 amide bonds. The number of ether oxygens (including phenoxy) is 1. The summed E-state index contributed by atoms with van der Waals surface area (Å²) in [4.78, 5) is 26.3. The van der Waals surface area contributed by atoms with Gasteiger partial charge >= 0.3 is 6.18 Å². The molecule has 3 N–H and O–H groups in total. The number of rotatable bonds is 9. The number of amides is 1. The number of alkyl halides is 3. The van der Waals surface area contributed by atoms with Crippen LogP contribution in [-0.2, 0) is 7.05 Å². The van der Waals surface area contributed by atoms with Gasteiger partial charge in [0.25, 0.3) is 11.5 Å². The van der Waals surface area contributed by atoms with E-state index >= 15 is 0 Å². The van der Waals surface area contributed by atoms with Gasteiger partial charge in [-0.25, -0.2) is 8.70 Å². The van der Waals surface area contributed by atoms with Crippen molar-refractivity contribution in [3.05, 3.63) is 74.3 Å². The van der Waals surface area contributed by atoms with Gasteiger partial charge < -0.3 is 20.1 Å². The molecule has 1 heterocycles. The number of aryl methyl sites for hydroxylation is 1. The van der Waals surface area contributed by atoms with Crippen LogP contribution in [0.3, 0.4) is 0 Å². The molecule has 2 aromatic carbocycles. The minimum Gasteiger partial charge on any atom is -0.454 e. The molecule has 8 nitrogen and oxygen atoms in total. The number of nitrogens with zero attached hydrogens (tertiary/aromatic N) is 2. The Labute approximate surface area is 245 Å². The lowest BCUT2D eigenvalue weighted by molar-refractivity contribution is -0.123. The number of hydrogen-bond donors (Lipinski definition) is 3. The third-order valence-corrected chi connectivity index (χ3v) is 6.40.